The van der Waals surface area contributed by atoms with E-state index in [4.69, 9.17) is 9.16 Å². The van der Waals surface area contributed by atoms with Gasteiger partial charge in [0.2, 0.25) is 0 Å². The maximum Gasteiger partial charge on any atom is 0.302 e. The number of ether oxygens (including phenoxy) is 1. The van der Waals surface area contributed by atoms with Crippen LogP contribution in [0.5, 0.6) is 0 Å². The molecule has 0 amide bonds. The Labute approximate surface area is 242 Å². The third kappa shape index (κ3) is 4.37. The molecule has 3 nitrogen and oxygen atoms in total. The summed E-state index contributed by atoms with van der Waals surface area (Å²) < 4.78 is 13.0. The Kier molecular flexibility index (Phi) is 7.01. The van der Waals surface area contributed by atoms with E-state index in [0.717, 1.165) is 24.2 Å². The monoisotopic (exact) mass is 558 g/mol. The van der Waals surface area contributed by atoms with Crippen molar-refractivity contribution in [1.82, 2.24) is 0 Å². The summed E-state index contributed by atoms with van der Waals surface area (Å²) in [6.07, 6.45) is 13.2. The molecule has 5 fully saturated rings. The van der Waals surface area contributed by atoms with Crippen LogP contribution in [0.3, 0.4) is 0 Å². The molecule has 0 saturated heterocycles. The Hall–Kier alpha value is -0.353. The Morgan fingerprint density at radius 2 is 1.44 bits per heavy atom. The zero-order chi connectivity index (χ0) is 29.0. The first kappa shape index (κ1) is 30.1. The topological polar surface area (TPSA) is 35.5 Å². The first-order valence-corrected chi connectivity index (χ1v) is 20.0. The van der Waals surface area contributed by atoms with Crippen molar-refractivity contribution in [3.8, 4) is 0 Å². The van der Waals surface area contributed by atoms with Crippen molar-refractivity contribution in [2.24, 2.45) is 56.7 Å². The van der Waals surface area contributed by atoms with E-state index in [1.807, 2.05) is 0 Å². The molecule has 5 aliphatic rings. The highest BCUT2D eigenvalue weighted by Gasteiger charge is 2.71. The molecule has 10 atom stereocenters. The zero-order valence-corrected chi connectivity index (χ0v) is 28.8. The molecule has 0 aromatic rings. The first-order valence-electron chi connectivity index (χ1n) is 16.6. The molecule has 224 valence electrons. The molecular formula is C35H62O3Si. The van der Waals surface area contributed by atoms with Crippen LogP contribution in [0.4, 0.5) is 0 Å². The summed E-state index contributed by atoms with van der Waals surface area (Å²) >= 11 is 0. The van der Waals surface area contributed by atoms with E-state index in [1.165, 1.54) is 57.8 Å². The average molecular weight is 559 g/mol. The molecular weight excluding hydrogens is 496 g/mol. The van der Waals surface area contributed by atoms with Crippen molar-refractivity contribution in [1.29, 1.82) is 0 Å². The van der Waals surface area contributed by atoms with Crippen molar-refractivity contribution in [2.75, 3.05) is 0 Å². The van der Waals surface area contributed by atoms with Gasteiger partial charge in [-0.1, -0.05) is 41.5 Å². The van der Waals surface area contributed by atoms with Gasteiger partial charge in [0.05, 0.1) is 5.60 Å². The number of carbonyl (C=O) groups excluding carboxylic acids is 1. The normalized spacial score (nSPS) is 49.3. The minimum Gasteiger partial charge on any atom is -0.462 e. The van der Waals surface area contributed by atoms with Crippen LogP contribution >= 0.6 is 0 Å². The molecule has 4 heteroatoms. The molecule has 0 aromatic heterocycles. The number of rotatable bonds is 4. The highest BCUT2D eigenvalue weighted by atomic mass is 28.4. The van der Waals surface area contributed by atoms with Crippen molar-refractivity contribution in [3.05, 3.63) is 0 Å². The smallest absolute Gasteiger partial charge is 0.302 e. The second-order valence-electron chi connectivity index (χ2n) is 18.3. The Morgan fingerprint density at radius 3 is 2.05 bits per heavy atom. The molecule has 0 aliphatic heterocycles. The van der Waals surface area contributed by atoms with Crippen molar-refractivity contribution in [3.63, 3.8) is 0 Å². The summed E-state index contributed by atoms with van der Waals surface area (Å²) in [6.45, 7) is 29.2. The highest BCUT2D eigenvalue weighted by Crippen LogP contribution is 2.77. The van der Waals surface area contributed by atoms with Crippen LogP contribution in [0.1, 0.15) is 127 Å². The van der Waals surface area contributed by atoms with Crippen LogP contribution in [0.2, 0.25) is 19.6 Å². The first-order chi connectivity index (χ1) is 17.7. The van der Waals surface area contributed by atoms with Gasteiger partial charge in [0.15, 0.2) is 8.32 Å². The van der Waals surface area contributed by atoms with Gasteiger partial charge in [-0.3, -0.25) is 4.79 Å². The zero-order valence-electron chi connectivity index (χ0n) is 27.8. The third-order valence-electron chi connectivity index (χ3n) is 14.6. The van der Waals surface area contributed by atoms with Crippen molar-refractivity contribution in [2.45, 2.75) is 158 Å². The Balaban J connectivity index is 1.48. The molecule has 5 rings (SSSR count). The SMILES string of the molecule is CC(=O)O[C@H]1CC[C@@]2(C)C(CC[C@]3(C)C2CCC2C4[C@H](C(C)(C)O[Si](C)(C)C)CC[C@]4(C)CC[C@]23C)C1(C)C. The summed E-state index contributed by atoms with van der Waals surface area (Å²) in [6, 6.07) is 0. The van der Waals surface area contributed by atoms with Gasteiger partial charge in [-0.05, 0) is 149 Å². The van der Waals surface area contributed by atoms with E-state index in [-0.39, 0.29) is 23.1 Å². The van der Waals surface area contributed by atoms with Crippen molar-refractivity contribution < 1.29 is 14.0 Å². The number of carbonyl (C=O) groups is 1. The fourth-order valence-corrected chi connectivity index (χ4v) is 14.7. The van der Waals surface area contributed by atoms with Gasteiger partial charge in [-0.25, -0.2) is 0 Å². The molecule has 0 aromatic carbocycles. The van der Waals surface area contributed by atoms with E-state index in [0.29, 0.717) is 33.5 Å². The summed E-state index contributed by atoms with van der Waals surface area (Å²) in [5, 5.41) is 0. The van der Waals surface area contributed by atoms with Crippen molar-refractivity contribution >= 4 is 14.3 Å². The van der Waals surface area contributed by atoms with Crippen LogP contribution in [0.25, 0.3) is 0 Å². The lowest BCUT2D eigenvalue weighted by molar-refractivity contribution is -0.252. The summed E-state index contributed by atoms with van der Waals surface area (Å²) in [7, 11) is -1.64. The number of esters is 1. The van der Waals surface area contributed by atoms with Crippen LogP contribution in [-0.2, 0) is 14.0 Å². The maximum atomic E-state index is 12.0. The standard InChI is InChI=1S/C35H62O3Si/c1-23(36)37-28-17-19-33(7)26(30(28,2)3)16-20-35(9)27(33)14-13-25-29-24(31(4,5)38-39(10,11)12)15-18-32(29,6)21-22-34(25,35)8/h24-29H,13-22H2,1-12H3/t24-,25?,26?,27?,28+,29?,32-,33+,34-,35-/m1/s1. The van der Waals surface area contributed by atoms with Gasteiger partial charge in [-0.15, -0.1) is 0 Å². The molecule has 0 heterocycles. The lowest BCUT2D eigenvalue weighted by Crippen LogP contribution is -2.67. The highest BCUT2D eigenvalue weighted by molar-refractivity contribution is 6.69. The molecule has 0 bridgehead atoms. The van der Waals surface area contributed by atoms with Crippen LogP contribution < -0.4 is 0 Å². The molecule has 5 aliphatic carbocycles. The van der Waals surface area contributed by atoms with E-state index < -0.39 is 8.32 Å². The van der Waals surface area contributed by atoms with Crippen LogP contribution in [-0.4, -0.2) is 26.0 Å². The van der Waals surface area contributed by atoms with E-state index in [9.17, 15) is 4.79 Å². The molecule has 5 saturated carbocycles. The predicted octanol–water partition coefficient (Wildman–Crippen LogP) is 9.65. The largest absolute Gasteiger partial charge is 0.462 e. The van der Waals surface area contributed by atoms with E-state index >= 15 is 0 Å². The van der Waals surface area contributed by atoms with E-state index in [2.05, 4.69) is 75.0 Å². The lowest BCUT2D eigenvalue weighted by Gasteiger charge is -2.73. The summed E-state index contributed by atoms with van der Waals surface area (Å²) in [4.78, 5) is 12.0. The summed E-state index contributed by atoms with van der Waals surface area (Å²) in [5.74, 6) is 3.53. The quantitative estimate of drug-likeness (QED) is 0.254. The van der Waals surface area contributed by atoms with Gasteiger partial charge in [0.25, 0.3) is 0 Å². The minimum atomic E-state index is -1.64. The van der Waals surface area contributed by atoms with Gasteiger partial charge >= 0.3 is 5.97 Å². The molecule has 0 N–H and O–H groups in total. The molecule has 39 heavy (non-hydrogen) atoms. The average Bonchev–Trinajstić information content (AvgIpc) is 3.13. The van der Waals surface area contributed by atoms with Gasteiger partial charge in [0, 0.05) is 12.3 Å². The predicted molar refractivity (Wildman–Crippen MR) is 164 cm³/mol. The Bertz CT molecular complexity index is 981. The minimum absolute atomic E-state index is 0.0361. The number of hydrogen-bond acceptors (Lipinski definition) is 3. The maximum absolute atomic E-state index is 12.0. The van der Waals surface area contributed by atoms with Crippen LogP contribution in [0, 0.1) is 56.7 Å². The van der Waals surface area contributed by atoms with Crippen LogP contribution in [0.15, 0.2) is 0 Å². The van der Waals surface area contributed by atoms with Gasteiger partial charge in [0.1, 0.15) is 6.10 Å². The molecule has 4 unspecified atom stereocenters. The second kappa shape index (κ2) is 9.07. The fourth-order valence-electron chi connectivity index (χ4n) is 13.0. The molecule has 0 radical (unpaired) electrons. The number of fused-ring (bicyclic) bond motifs is 7. The Morgan fingerprint density at radius 1 is 0.769 bits per heavy atom. The fraction of sp³-hybridized carbons (Fsp3) is 0.971. The number of hydrogen-bond donors (Lipinski definition) is 0. The van der Waals surface area contributed by atoms with Gasteiger partial charge < -0.3 is 9.16 Å². The molecule has 0 spiro atoms. The van der Waals surface area contributed by atoms with Gasteiger partial charge in [-0.2, -0.15) is 0 Å². The third-order valence-corrected chi connectivity index (χ3v) is 15.7. The van der Waals surface area contributed by atoms with E-state index in [1.54, 1.807) is 6.92 Å². The lowest BCUT2D eigenvalue weighted by atomic mass is 9.32. The second-order valence-corrected chi connectivity index (χ2v) is 22.7. The summed E-state index contributed by atoms with van der Waals surface area (Å²) in [5.41, 5.74) is 1.58.